The van der Waals surface area contributed by atoms with Gasteiger partial charge in [-0.05, 0) is 39.0 Å². The second-order valence-electron chi connectivity index (χ2n) is 6.41. The molecule has 0 saturated heterocycles. The lowest BCUT2D eigenvalue weighted by Crippen LogP contribution is -2.36. The Morgan fingerprint density at radius 2 is 1.89 bits per heavy atom. The maximum Gasteiger partial charge on any atom is 0.240 e. The van der Waals surface area contributed by atoms with Gasteiger partial charge in [-0.25, -0.2) is 0 Å². The molecule has 0 bridgehead atoms. The van der Waals surface area contributed by atoms with Crippen LogP contribution in [-0.2, 0) is 11.8 Å². The maximum atomic E-state index is 13.0. The van der Waals surface area contributed by atoms with Crippen molar-refractivity contribution in [3.05, 3.63) is 60.2 Å². The van der Waals surface area contributed by atoms with Crippen molar-refractivity contribution >= 4 is 23.4 Å². The van der Waals surface area contributed by atoms with Gasteiger partial charge in [-0.15, -0.1) is 10.2 Å². The molecule has 6 heteroatoms. The maximum absolute atomic E-state index is 13.0. The molecule has 3 aromatic rings. The van der Waals surface area contributed by atoms with Crippen molar-refractivity contribution in [2.75, 3.05) is 11.4 Å². The summed E-state index contributed by atoms with van der Waals surface area (Å²) in [5.74, 6) is 0.866. The SMILES string of the molecule is CCN(C(=O)C(C)Sc1nnc(-c2cccc(C)c2)n1C)c1ccccc1. The molecule has 0 aliphatic heterocycles. The summed E-state index contributed by atoms with van der Waals surface area (Å²) in [6.07, 6.45) is 0. The first-order valence-electron chi connectivity index (χ1n) is 9.00. The topological polar surface area (TPSA) is 51.0 Å². The Morgan fingerprint density at radius 3 is 2.56 bits per heavy atom. The molecule has 0 aliphatic rings. The van der Waals surface area contributed by atoms with Crippen molar-refractivity contribution in [2.24, 2.45) is 7.05 Å². The van der Waals surface area contributed by atoms with Gasteiger partial charge in [0.05, 0.1) is 5.25 Å². The number of aromatic nitrogens is 3. The number of amides is 1. The van der Waals surface area contributed by atoms with Gasteiger partial charge in [0.25, 0.3) is 0 Å². The van der Waals surface area contributed by atoms with Gasteiger partial charge in [-0.2, -0.15) is 0 Å². The van der Waals surface area contributed by atoms with Gasteiger partial charge >= 0.3 is 0 Å². The summed E-state index contributed by atoms with van der Waals surface area (Å²) < 4.78 is 1.95. The first kappa shape index (κ1) is 19.2. The summed E-state index contributed by atoms with van der Waals surface area (Å²) in [6, 6.07) is 17.9. The third-order valence-electron chi connectivity index (χ3n) is 4.39. The van der Waals surface area contributed by atoms with Crippen LogP contribution in [0.5, 0.6) is 0 Å². The molecular weight excluding hydrogens is 356 g/mol. The molecule has 0 radical (unpaired) electrons. The largest absolute Gasteiger partial charge is 0.312 e. The number of benzene rings is 2. The molecule has 1 atom stereocenters. The van der Waals surface area contributed by atoms with E-state index in [-0.39, 0.29) is 11.2 Å². The summed E-state index contributed by atoms with van der Waals surface area (Å²) >= 11 is 1.43. The van der Waals surface area contributed by atoms with Gasteiger partial charge in [0.1, 0.15) is 0 Å². The number of hydrogen-bond acceptors (Lipinski definition) is 4. The molecule has 0 saturated carbocycles. The molecule has 0 spiro atoms. The van der Waals surface area contributed by atoms with Crippen molar-refractivity contribution < 1.29 is 4.79 Å². The normalized spacial score (nSPS) is 12.0. The Morgan fingerprint density at radius 1 is 1.15 bits per heavy atom. The molecule has 1 aromatic heterocycles. The number of nitrogens with zero attached hydrogens (tertiary/aromatic N) is 4. The summed E-state index contributed by atoms with van der Waals surface area (Å²) in [5.41, 5.74) is 3.11. The smallest absolute Gasteiger partial charge is 0.240 e. The lowest BCUT2D eigenvalue weighted by atomic mass is 10.1. The van der Waals surface area contributed by atoms with Gasteiger partial charge in [-0.1, -0.05) is 53.7 Å². The van der Waals surface area contributed by atoms with Crippen LogP contribution in [0.3, 0.4) is 0 Å². The van der Waals surface area contributed by atoms with Crippen LogP contribution in [-0.4, -0.2) is 32.5 Å². The number of rotatable bonds is 6. The average molecular weight is 381 g/mol. The fraction of sp³-hybridized carbons (Fsp3) is 0.286. The lowest BCUT2D eigenvalue weighted by Gasteiger charge is -2.24. The molecule has 1 amide bonds. The summed E-state index contributed by atoms with van der Waals surface area (Å²) in [5, 5.41) is 9.10. The molecule has 140 valence electrons. The molecule has 0 fully saturated rings. The quantitative estimate of drug-likeness (QED) is 0.598. The van der Waals surface area contributed by atoms with Crippen LogP contribution in [0.4, 0.5) is 5.69 Å². The van der Waals surface area contributed by atoms with Crippen molar-refractivity contribution in [2.45, 2.75) is 31.2 Å². The molecule has 5 nitrogen and oxygen atoms in total. The van der Waals surface area contributed by atoms with Crippen LogP contribution in [0.2, 0.25) is 0 Å². The van der Waals surface area contributed by atoms with Crippen LogP contribution in [0.1, 0.15) is 19.4 Å². The van der Waals surface area contributed by atoms with Crippen LogP contribution in [0, 0.1) is 6.92 Å². The number of anilines is 1. The minimum Gasteiger partial charge on any atom is -0.312 e. The van der Waals surface area contributed by atoms with Gasteiger partial charge in [0.2, 0.25) is 5.91 Å². The van der Waals surface area contributed by atoms with Crippen LogP contribution >= 0.6 is 11.8 Å². The van der Waals surface area contributed by atoms with E-state index in [9.17, 15) is 4.79 Å². The van der Waals surface area contributed by atoms with E-state index in [1.54, 1.807) is 4.90 Å². The second-order valence-corrected chi connectivity index (χ2v) is 7.72. The van der Waals surface area contributed by atoms with E-state index >= 15 is 0 Å². The van der Waals surface area contributed by atoms with E-state index in [2.05, 4.69) is 29.3 Å². The van der Waals surface area contributed by atoms with Crippen molar-refractivity contribution in [3.8, 4) is 11.4 Å². The average Bonchev–Trinajstić information content (AvgIpc) is 3.03. The van der Waals surface area contributed by atoms with Crippen LogP contribution in [0.25, 0.3) is 11.4 Å². The number of carbonyl (C=O) groups is 1. The van der Waals surface area contributed by atoms with E-state index in [1.807, 2.05) is 67.9 Å². The van der Waals surface area contributed by atoms with E-state index < -0.39 is 0 Å². The lowest BCUT2D eigenvalue weighted by molar-refractivity contribution is -0.117. The number of thioether (sulfide) groups is 1. The number of para-hydroxylation sites is 1. The first-order chi connectivity index (χ1) is 13.0. The highest BCUT2D eigenvalue weighted by atomic mass is 32.2. The summed E-state index contributed by atoms with van der Waals surface area (Å²) in [6.45, 7) is 6.58. The van der Waals surface area contributed by atoms with Gasteiger partial charge in [-0.3, -0.25) is 4.79 Å². The third kappa shape index (κ3) is 4.22. The molecule has 1 unspecified atom stereocenters. The van der Waals surface area contributed by atoms with Gasteiger partial charge in [0, 0.05) is 24.8 Å². The zero-order valence-electron chi connectivity index (χ0n) is 16.1. The monoisotopic (exact) mass is 380 g/mol. The van der Waals surface area contributed by atoms with E-state index in [0.29, 0.717) is 6.54 Å². The van der Waals surface area contributed by atoms with Crippen LogP contribution in [0.15, 0.2) is 59.8 Å². The molecule has 0 N–H and O–H groups in total. The summed E-state index contributed by atoms with van der Waals surface area (Å²) in [7, 11) is 1.94. The molecule has 0 aliphatic carbocycles. The predicted octanol–water partition coefficient (Wildman–Crippen LogP) is 4.32. The van der Waals surface area contributed by atoms with Crippen LogP contribution < -0.4 is 4.90 Å². The highest BCUT2D eigenvalue weighted by Gasteiger charge is 2.24. The second kappa shape index (κ2) is 8.39. The Labute approximate surface area is 164 Å². The minimum atomic E-state index is -0.265. The van der Waals surface area contributed by atoms with Crippen molar-refractivity contribution in [1.29, 1.82) is 0 Å². The summed E-state index contributed by atoms with van der Waals surface area (Å²) in [4.78, 5) is 14.8. The fourth-order valence-electron chi connectivity index (χ4n) is 2.95. The Balaban J connectivity index is 1.78. The predicted molar refractivity (Wildman–Crippen MR) is 111 cm³/mol. The number of aryl methyl sites for hydroxylation is 1. The first-order valence-corrected chi connectivity index (χ1v) is 9.88. The van der Waals surface area contributed by atoms with Crippen molar-refractivity contribution in [1.82, 2.24) is 14.8 Å². The molecular formula is C21H24N4OS. The molecule has 27 heavy (non-hydrogen) atoms. The number of carbonyl (C=O) groups excluding carboxylic acids is 1. The molecule has 1 heterocycles. The van der Waals surface area contributed by atoms with Gasteiger partial charge in [0.15, 0.2) is 11.0 Å². The highest BCUT2D eigenvalue weighted by molar-refractivity contribution is 8.00. The minimum absolute atomic E-state index is 0.0637. The Hall–Kier alpha value is -2.60. The Kier molecular flexibility index (Phi) is 5.96. The molecule has 3 rings (SSSR count). The fourth-order valence-corrected chi connectivity index (χ4v) is 3.83. The Bertz CT molecular complexity index is 923. The third-order valence-corrected chi connectivity index (χ3v) is 5.51. The number of hydrogen-bond donors (Lipinski definition) is 0. The highest BCUT2D eigenvalue weighted by Crippen LogP contribution is 2.28. The standard InChI is InChI=1S/C21H24N4OS/c1-5-25(18-12-7-6-8-13-18)20(26)16(3)27-21-23-22-19(24(21)4)17-11-9-10-15(2)14-17/h6-14,16H,5H2,1-4H3. The molecule has 2 aromatic carbocycles. The van der Waals surface area contributed by atoms with Gasteiger partial charge < -0.3 is 9.47 Å². The zero-order valence-corrected chi connectivity index (χ0v) is 16.9. The van der Waals surface area contributed by atoms with Crippen molar-refractivity contribution in [3.63, 3.8) is 0 Å². The van der Waals surface area contributed by atoms with E-state index in [1.165, 1.54) is 17.3 Å². The van der Waals surface area contributed by atoms with E-state index in [0.717, 1.165) is 22.2 Å². The van der Waals surface area contributed by atoms with E-state index in [4.69, 9.17) is 0 Å². The zero-order chi connectivity index (χ0) is 19.4.